The second kappa shape index (κ2) is 4.59. The molecule has 0 aliphatic rings. The first-order valence-corrected chi connectivity index (χ1v) is 4.65. The highest BCUT2D eigenvalue weighted by atomic mass is 16.4. The van der Waals surface area contributed by atoms with Crippen molar-refractivity contribution >= 4 is 11.8 Å². The number of hydrogen-bond donors (Lipinski definition) is 2. The van der Waals surface area contributed by atoms with Crippen molar-refractivity contribution in [2.45, 2.75) is 19.8 Å². The molecule has 1 rings (SSSR count). The zero-order chi connectivity index (χ0) is 11.4. The molecule has 0 saturated heterocycles. The van der Waals surface area contributed by atoms with E-state index < -0.39 is 5.97 Å². The van der Waals surface area contributed by atoms with E-state index >= 15 is 0 Å². The maximum atomic E-state index is 11.5. The van der Waals surface area contributed by atoms with Crippen molar-refractivity contribution in [1.29, 1.82) is 0 Å². The minimum atomic E-state index is -1.24. The van der Waals surface area contributed by atoms with Gasteiger partial charge in [-0.1, -0.05) is 6.92 Å². The molecule has 0 fully saturated rings. The van der Waals surface area contributed by atoms with Crippen LogP contribution in [0, 0.1) is 0 Å². The molecule has 0 heterocycles. The number of carboxylic acid groups (broad SMARTS) is 1. The molecule has 0 aliphatic heterocycles. The van der Waals surface area contributed by atoms with Gasteiger partial charge in [-0.15, -0.1) is 0 Å². The van der Waals surface area contributed by atoms with Crippen molar-refractivity contribution in [1.82, 2.24) is 0 Å². The van der Waals surface area contributed by atoms with E-state index in [0.717, 1.165) is 0 Å². The van der Waals surface area contributed by atoms with Crippen LogP contribution in [0.2, 0.25) is 0 Å². The van der Waals surface area contributed by atoms with Crippen LogP contribution < -0.4 is 0 Å². The minimum Gasteiger partial charge on any atom is -0.507 e. The van der Waals surface area contributed by atoms with Gasteiger partial charge in [-0.25, -0.2) is 4.79 Å². The lowest BCUT2D eigenvalue weighted by Gasteiger charge is -2.03. The van der Waals surface area contributed by atoms with Crippen LogP contribution >= 0.6 is 0 Å². The Morgan fingerprint density at radius 3 is 2.53 bits per heavy atom. The first kappa shape index (κ1) is 11.2. The molecule has 0 atom stereocenters. The Hall–Kier alpha value is -1.84. The number of Topliss-reactive ketones (excluding diaryl/α,β-unsaturated/α-hetero) is 1. The molecule has 0 amide bonds. The van der Waals surface area contributed by atoms with Gasteiger partial charge in [-0.3, -0.25) is 4.79 Å². The standard InChI is InChI=1S/C11H12O4/c1-2-3-9(12)7-4-5-10(13)8(6-7)11(14)15/h4-6,13H,2-3H2,1H3,(H,14,15). The lowest BCUT2D eigenvalue weighted by Crippen LogP contribution is -2.02. The summed E-state index contributed by atoms with van der Waals surface area (Å²) in [5, 5.41) is 18.0. The van der Waals surface area contributed by atoms with Gasteiger partial charge in [0.15, 0.2) is 5.78 Å². The first-order chi connectivity index (χ1) is 7.06. The van der Waals surface area contributed by atoms with E-state index in [0.29, 0.717) is 18.4 Å². The van der Waals surface area contributed by atoms with Gasteiger partial charge in [0.05, 0.1) is 0 Å². The van der Waals surface area contributed by atoms with Crippen LogP contribution in [0.4, 0.5) is 0 Å². The number of carboxylic acids is 1. The predicted molar refractivity (Wildman–Crippen MR) is 54.3 cm³/mol. The summed E-state index contributed by atoms with van der Waals surface area (Å²) in [7, 11) is 0. The number of ketones is 1. The van der Waals surface area contributed by atoms with Crippen molar-refractivity contribution in [3.63, 3.8) is 0 Å². The predicted octanol–water partition coefficient (Wildman–Crippen LogP) is 2.07. The zero-order valence-electron chi connectivity index (χ0n) is 8.36. The summed E-state index contributed by atoms with van der Waals surface area (Å²) in [4.78, 5) is 22.1. The third kappa shape index (κ3) is 2.56. The fourth-order valence-electron chi connectivity index (χ4n) is 1.25. The van der Waals surface area contributed by atoms with Gasteiger partial charge in [0.25, 0.3) is 0 Å². The van der Waals surface area contributed by atoms with Gasteiger partial charge in [0, 0.05) is 12.0 Å². The fourth-order valence-corrected chi connectivity index (χ4v) is 1.25. The number of benzene rings is 1. The van der Waals surface area contributed by atoms with Crippen molar-refractivity contribution in [3.05, 3.63) is 29.3 Å². The SMILES string of the molecule is CCCC(=O)c1ccc(O)c(C(=O)O)c1. The van der Waals surface area contributed by atoms with Gasteiger partial charge in [0.2, 0.25) is 0 Å². The van der Waals surface area contributed by atoms with Crippen LogP contribution in [0.3, 0.4) is 0 Å². The summed E-state index contributed by atoms with van der Waals surface area (Å²) in [5.41, 5.74) is 0.0870. The van der Waals surface area contributed by atoms with E-state index in [4.69, 9.17) is 5.11 Å². The zero-order valence-corrected chi connectivity index (χ0v) is 8.36. The molecule has 4 nitrogen and oxygen atoms in total. The molecular weight excluding hydrogens is 196 g/mol. The molecule has 0 aliphatic carbocycles. The highest BCUT2D eigenvalue weighted by Gasteiger charge is 2.13. The summed E-state index contributed by atoms with van der Waals surface area (Å²) in [6.07, 6.45) is 1.09. The molecule has 4 heteroatoms. The maximum Gasteiger partial charge on any atom is 0.339 e. The average Bonchev–Trinajstić information content (AvgIpc) is 2.18. The second-order valence-electron chi connectivity index (χ2n) is 3.21. The third-order valence-corrected chi connectivity index (χ3v) is 2.03. The van der Waals surface area contributed by atoms with Crippen LogP contribution in [0.15, 0.2) is 18.2 Å². The number of aromatic hydroxyl groups is 1. The maximum absolute atomic E-state index is 11.5. The van der Waals surface area contributed by atoms with E-state index in [1.807, 2.05) is 6.92 Å². The number of rotatable bonds is 4. The van der Waals surface area contributed by atoms with Crippen LogP contribution in [-0.2, 0) is 0 Å². The molecule has 2 N–H and O–H groups in total. The Bertz CT molecular complexity index is 396. The number of phenols is 1. The van der Waals surface area contributed by atoms with Crippen LogP contribution in [0.1, 0.15) is 40.5 Å². The molecule has 80 valence electrons. The quantitative estimate of drug-likeness (QED) is 0.743. The molecule has 0 spiro atoms. The van der Waals surface area contributed by atoms with Crippen molar-refractivity contribution in [3.8, 4) is 5.75 Å². The monoisotopic (exact) mass is 208 g/mol. The van der Waals surface area contributed by atoms with E-state index in [1.165, 1.54) is 18.2 Å². The van der Waals surface area contributed by atoms with E-state index in [2.05, 4.69) is 0 Å². The Balaban J connectivity index is 3.07. The molecule has 0 bridgehead atoms. The third-order valence-electron chi connectivity index (χ3n) is 2.03. The molecule has 1 aromatic carbocycles. The lowest BCUT2D eigenvalue weighted by molar-refractivity contribution is 0.0693. The Morgan fingerprint density at radius 1 is 1.33 bits per heavy atom. The van der Waals surface area contributed by atoms with Crippen LogP contribution in [0.25, 0.3) is 0 Å². The Labute approximate surface area is 87.2 Å². The van der Waals surface area contributed by atoms with Crippen molar-refractivity contribution < 1.29 is 19.8 Å². The molecule has 0 saturated carbocycles. The Kier molecular flexibility index (Phi) is 3.44. The molecule has 1 aromatic rings. The van der Waals surface area contributed by atoms with E-state index in [-0.39, 0.29) is 17.1 Å². The van der Waals surface area contributed by atoms with Gasteiger partial charge in [-0.2, -0.15) is 0 Å². The summed E-state index contributed by atoms with van der Waals surface area (Å²) in [6, 6.07) is 3.86. The smallest absolute Gasteiger partial charge is 0.339 e. The molecule has 15 heavy (non-hydrogen) atoms. The van der Waals surface area contributed by atoms with Crippen LogP contribution in [-0.4, -0.2) is 22.0 Å². The molecule has 0 unspecified atom stereocenters. The summed E-state index contributed by atoms with van der Waals surface area (Å²) in [6.45, 7) is 1.87. The summed E-state index contributed by atoms with van der Waals surface area (Å²) >= 11 is 0. The van der Waals surface area contributed by atoms with Crippen molar-refractivity contribution in [2.75, 3.05) is 0 Å². The Morgan fingerprint density at radius 2 is 2.00 bits per heavy atom. The fraction of sp³-hybridized carbons (Fsp3) is 0.273. The van der Waals surface area contributed by atoms with Gasteiger partial charge in [-0.05, 0) is 24.6 Å². The normalized spacial score (nSPS) is 9.93. The largest absolute Gasteiger partial charge is 0.507 e. The van der Waals surface area contributed by atoms with Gasteiger partial charge >= 0.3 is 5.97 Å². The molecule has 0 radical (unpaired) electrons. The first-order valence-electron chi connectivity index (χ1n) is 4.65. The number of carbonyl (C=O) groups is 2. The highest BCUT2D eigenvalue weighted by Crippen LogP contribution is 2.19. The molecular formula is C11H12O4. The minimum absolute atomic E-state index is 0.111. The second-order valence-corrected chi connectivity index (χ2v) is 3.21. The lowest BCUT2D eigenvalue weighted by atomic mass is 10.0. The van der Waals surface area contributed by atoms with Crippen molar-refractivity contribution in [2.24, 2.45) is 0 Å². The number of carbonyl (C=O) groups excluding carboxylic acids is 1. The summed E-state index contributed by atoms with van der Waals surface area (Å²) in [5.74, 6) is -1.67. The van der Waals surface area contributed by atoms with Gasteiger partial charge in [0.1, 0.15) is 11.3 Å². The number of aromatic carboxylic acids is 1. The topological polar surface area (TPSA) is 74.6 Å². The van der Waals surface area contributed by atoms with E-state index in [1.54, 1.807) is 0 Å². The number of hydrogen-bond acceptors (Lipinski definition) is 3. The van der Waals surface area contributed by atoms with Crippen LogP contribution in [0.5, 0.6) is 5.75 Å². The average molecular weight is 208 g/mol. The summed E-state index contributed by atoms with van der Waals surface area (Å²) < 4.78 is 0. The van der Waals surface area contributed by atoms with Gasteiger partial charge < -0.3 is 10.2 Å². The molecule has 0 aromatic heterocycles. The highest BCUT2D eigenvalue weighted by molar-refractivity contribution is 5.99. The van der Waals surface area contributed by atoms with E-state index in [9.17, 15) is 14.7 Å².